The Kier molecular flexibility index (Phi) is 6.66. The summed E-state index contributed by atoms with van der Waals surface area (Å²) in [5.41, 5.74) is 8.20. The van der Waals surface area contributed by atoms with E-state index in [1.807, 2.05) is 0 Å². The first-order valence-corrected chi connectivity index (χ1v) is 4.64. The predicted octanol–water partition coefficient (Wildman–Crippen LogP) is 0.152. The van der Waals surface area contributed by atoms with Crippen molar-refractivity contribution in [1.29, 1.82) is 0 Å². The van der Waals surface area contributed by atoms with E-state index in [1.54, 1.807) is 6.92 Å². The topological polar surface area (TPSA) is 122 Å². The van der Waals surface area contributed by atoms with Crippen LogP contribution in [0.3, 0.4) is 0 Å². The number of aliphatic hydroxyl groups is 1. The third kappa shape index (κ3) is 4.16. The van der Waals surface area contributed by atoms with E-state index >= 15 is 0 Å². The minimum Gasteiger partial charge on any atom is -0.466 e. The second-order valence-corrected chi connectivity index (χ2v) is 2.60. The highest BCUT2D eigenvalue weighted by Gasteiger charge is 2.33. The average Bonchev–Trinajstić information content (AvgIpc) is 2.25. The Morgan fingerprint density at radius 1 is 1.31 bits per heavy atom. The quantitative estimate of drug-likeness (QED) is 0.302. The molecule has 0 rings (SSSR count). The van der Waals surface area contributed by atoms with Crippen molar-refractivity contribution in [3.05, 3.63) is 10.4 Å². The van der Waals surface area contributed by atoms with E-state index < -0.39 is 24.1 Å². The molecule has 0 heterocycles. The molecule has 0 aliphatic rings. The van der Waals surface area contributed by atoms with Crippen molar-refractivity contribution in [2.45, 2.75) is 26.0 Å². The predicted molar refractivity (Wildman–Crippen MR) is 52.2 cm³/mol. The number of rotatable bonds is 6. The van der Waals surface area contributed by atoms with Gasteiger partial charge in [0, 0.05) is 4.91 Å². The van der Waals surface area contributed by atoms with Crippen LogP contribution in [0.4, 0.5) is 0 Å². The number of carbonyl (C=O) groups excluding carboxylic acids is 2. The van der Waals surface area contributed by atoms with Crippen LogP contribution in [0.1, 0.15) is 13.8 Å². The number of hydrogen-bond acceptors (Lipinski definition) is 6. The van der Waals surface area contributed by atoms with E-state index in [0.717, 1.165) is 0 Å². The van der Waals surface area contributed by atoms with Gasteiger partial charge < -0.3 is 14.6 Å². The smallest absolute Gasteiger partial charge is 0.336 e. The van der Waals surface area contributed by atoms with Gasteiger partial charge in [-0.2, -0.15) is 0 Å². The molecule has 0 fully saturated rings. The molecule has 90 valence electrons. The highest BCUT2D eigenvalue weighted by molar-refractivity contribution is 5.86. The molecule has 8 nitrogen and oxygen atoms in total. The van der Waals surface area contributed by atoms with Crippen LogP contribution in [0.25, 0.3) is 10.4 Å². The zero-order valence-electron chi connectivity index (χ0n) is 8.99. The maximum atomic E-state index is 11.2. The van der Waals surface area contributed by atoms with Crippen molar-refractivity contribution in [1.82, 2.24) is 0 Å². The molecule has 1 unspecified atom stereocenters. The van der Waals surface area contributed by atoms with Crippen LogP contribution in [0, 0.1) is 0 Å². The average molecular weight is 231 g/mol. The zero-order valence-corrected chi connectivity index (χ0v) is 8.99. The van der Waals surface area contributed by atoms with Crippen LogP contribution in [0.15, 0.2) is 5.11 Å². The van der Waals surface area contributed by atoms with Gasteiger partial charge in [-0.3, -0.25) is 4.79 Å². The molecule has 0 saturated carbocycles. The number of hydrogen-bond donors (Lipinski definition) is 1. The van der Waals surface area contributed by atoms with Gasteiger partial charge in [0.25, 0.3) is 0 Å². The molecule has 16 heavy (non-hydrogen) atoms. The van der Waals surface area contributed by atoms with E-state index in [-0.39, 0.29) is 13.2 Å². The van der Waals surface area contributed by atoms with Crippen molar-refractivity contribution in [3.8, 4) is 0 Å². The van der Waals surface area contributed by atoms with E-state index in [0.29, 0.717) is 0 Å². The Morgan fingerprint density at radius 2 is 1.81 bits per heavy atom. The third-order valence-electron chi connectivity index (χ3n) is 1.53. The molecular formula is C8H13N3O5. The summed E-state index contributed by atoms with van der Waals surface area (Å²) in [6.45, 7) is 3.17. The highest BCUT2D eigenvalue weighted by atomic mass is 16.6. The van der Waals surface area contributed by atoms with Gasteiger partial charge in [-0.05, 0) is 19.4 Å². The lowest BCUT2D eigenvalue weighted by atomic mass is 10.2. The lowest BCUT2D eigenvalue weighted by Crippen LogP contribution is -2.40. The maximum absolute atomic E-state index is 11.2. The summed E-state index contributed by atoms with van der Waals surface area (Å²) in [5.74, 6) is -2.01. The van der Waals surface area contributed by atoms with Crippen LogP contribution in [0.2, 0.25) is 0 Å². The van der Waals surface area contributed by atoms with Gasteiger partial charge in [0.05, 0.1) is 13.2 Å². The molecule has 0 amide bonds. The summed E-state index contributed by atoms with van der Waals surface area (Å²) in [6, 6.07) is -1.62. The molecule has 0 aliphatic heterocycles. The van der Waals surface area contributed by atoms with Gasteiger partial charge >= 0.3 is 11.9 Å². The first kappa shape index (κ1) is 14.2. The largest absolute Gasteiger partial charge is 0.466 e. The summed E-state index contributed by atoms with van der Waals surface area (Å²) in [6.07, 6.45) is -1.85. The van der Waals surface area contributed by atoms with Crippen LogP contribution in [0.5, 0.6) is 0 Å². The lowest BCUT2D eigenvalue weighted by Gasteiger charge is -2.15. The molecular weight excluding hydrogens is 218 g/mol. The highest BCUT2D eigenvalue weighted by Crippen LogP contribution is 2.05. The second kappa shape index (κ2) is 7.49. The van der Waals surface area contributed by atoms with E-state index in [1.165, 1.54) is 6.92 Å². The van der Waals surface area contributed by atoms with Crippen LogP contribution in [-0.2, 0) is 19.1 Å². The fourth-order valence-electron chi connectivity index (χ4n) is 0.879. The normalized spacial score (nSPS) is 13.2. The Hall–Kier alpha value is -1.79. The first-order chi connectivity index (χ1) is 7.58. The fourth-order valence-corrected chi connectivity index (χ4v) is 0.879. The van der Waals surface area contributed by atoms with Gasteiger partial charge in [0.2, 0.25) is 0 Å². The molecule has 0 saturated heterocycles. The van der Waals surface area contributed by atoms with Gasteiger partial charge in [-0.25, -0.2) is 4.79 Å². The third-order valence-corrected chi connectivity index (χ3v) is 1.53. The standard InChI is InChI=1S/C8H13N3O5/c1-3-15-7(13)5(10-11-9)6(12)8(14)16-4-2/h5-6,12H,3-4H2,1-2H3/t5-,6?/m1/s1. The van der Waals surface area contributed by atoms with Gasteiger partial charge in [0.1, 0.15) is 0 Å². The minimum atomic E-state index is -1.85. The molecule has 1 N–H and O–H groups in total. The van der Waals surface area contributed by atoms with Gasteiger partial charge in [0.15, 0.2) is 12.1 Å². The number of azide groups is 1. The summed E-state index contributed by atoms with van der Waals surface area (Å²) in [4.78, 5) is 24.7. The van der Waals surface area contributed by atoms with Gasteiger partial charge in [-0.1, -0.05) is 5.11 Å². The number of carbonyl (C=O) groups is 2. The van der Waals surface area contributed by atoms with Crippen molar-refractivity contribution in [2.24, 2.45) is 5.11 Å². The van der Waals surface area contributed by atoms with Crippen molar-refractivity contribution in [3.63, 3.8) is 0 Å². The molecule has 0 radical (unpaired) electrons. The van der Waals surface area contributed by atoms with E-state index in [9.17, 15) is 14.7 Å². The first-order valence-electron chi connectivity index (χ1n) is 4.64. The monoisotopic (exact) mass is 231 g/mol. The van der Waals surface area contributed by atoms with Gasteiger partial charge in [-0.15, -0.1) is 0 Å². The number of nitrogens with zero attached hydrogens (tertiary/aromatic N) is 3. The molecule has 0 aliphatic carbocycles. The number of aliphatic hydroxyl groups excluding tert-OH is 1. The lowest BCUT2D eigenvalue weighted by molar-refractivity contribution is -0.161. The summed E-state index contributed by atoms with van der Waals surface area (Å²) < 4.78 is 9.01. The van der Waals surface area contributed by atoms with Crippen LogP contribution in [-0.4, -0.2) is 42.4 Å². The van der Waals surface area contributed by atoms with E-state index in [2.05, 4.69) is 19.5 Å². The molecule has 0 aromatic heterocycles. The Labute approximate surface area is 91.8 Å². The fraction of sp³-hybridized carbons (Fsp3) is 0.750. The van der Waals surface area contributed by atoms with Crippen molar-refractivity contribution >= 4 is 11.9 Å². The second-order valence-electron chi connectivity index (χ2n) is 2.60. The summed E-state index contributed by atoms with van der Waals surface area (Å²) in [5, 5.41) is 12.4. The minimum absolute atomic E-state index is 0.0434. The number of ether oxygens (including phenoxy) is 2. The molecule has 0 bridgehead atoms. The molecule has 2 atom stereocenters. The molecule has 0 aromatic carbocycles. The van der Waals surface area contributed by atoms with Crippen LogP contribution >= 0.6 is 0 Å². The maximum Gasteiger partial charge on any atom is 0.336 e. The van der Waals surface area contributed by atoms with Crippen molar-refractivity contribution in [2.75, 3.05) is 13.2 Å². The van der Waals surface area contributed by atoms with Crippen molar-refractivity contribution < 1.29 is 24.2 Å². The van der Waals surface area contributed by atoms with Crippen LogP contribution < -0.4 is 0 Å². The SMILES string of the molecule is CCOC(=O)C(O)[C@@H](N=[N+]=[N-])C(=O)OCC. The zero-order chi connectivity index (χ0) is 12.6. The van der Waals surface area contributed by atoms with E-state index in [4.69, 9.17) is 5.53 Å². The molecule has 8 heteroatoms. The Balaban J connectivity index is 4.70. The summed E-state index contributed by atoms with van der Waals surface area (Å²) >= 11 is 0. The molecule has 0 spiro atoms. The molecule has 0 aromatic rings. The summed E-state index contributed by atoms with van der Waals surface area (Å²) in [7, 11) is 0. The number of esters is 2. The Bertz CT molecular complexity index is 300. The Morgan fingerprint density at radius 3 is 2.25 bits per heavy atom.